The lowest BCUT2D eigenvalue weighted by Crippen LogP contribution is -2.31. The molecule has 1 aromatic heterocycles. The minimum atomic E-state index is -0.588. The van der Waals surface area contributed by atoms with Crippen LogP contribution in [-0.4, -0.2) is 65.3 Å². The fourth-order valence-electron chi connectivity index (χ4n) is 2.65. The molecule has 0 fully saturated rings. The quantitative estimate of drug-likeness (QED) is 0.805. The van der Waals surface area contributed by atoms with E-state index in [1.165, 1.54) is 0 Å². The number of aromatic nitrogens is 2. The van der Waals surface area contributed by atoms with Crippen LogP contribution in [0.1, 0.15) is 24.0 Å². The Morgan fingerprint density at radius 3 is 2.82 bits per heavy atom. The summed E-state index contributed by atoms with van der Waals surface area (Å²) in [5.74, 6) is 1.53. The maximum Gasteiger partial charge on any atom is 0.219 e. The number of fused-ring (bicyclic) bond motifs is 1. The van der Waals surface area contributed by atoms with Crippen molar-refractivity contribution >= 4 is 11.7 Å². The summed E-state index contributed by atoms with van der Waals surface area (Å²) in [6, 6.07) is 0. The molecule has 0 aliphatic carbocycles. The number of hydrogen-bond acceptors (Lipinski definition) is 6. The van der Waals surface area contributed by atoms with Crippen LogP contribution in [0.25, 0.3) is 0 Å². The molecule has 0 saturated carbocycles. The van der Waals surface area contributed by atoms with E-state index < -0.39 is 6.10 Å². The highest BCUT2D eigenvalue weighted by Crippen LogP contribution is 2.21. The van der Waals surface area contributed by atoms with E-state index in [4.69, 9.17) is 4.74 Å². The van der Waals surface area contributed by atoms with E-state index in [0.29, 0.717) is 25.5 Å². The van der Waals surface area contributed by atoms with Gasteiger partial charge in [-0.1, -0.05) is 0 Å². The number of methoxy groups -OCH3 is 1. The third-order valence-electron chi connectivity index (χ3n) is 3.76. The van der Waals surface area contributed by atoms with E-state index in [9.17, 15) is 9.90 Å². The van der Waals surface area contributed by atoms with Gasteiger partial charge in [0.1, 0.15) is 11.6 Å². The number of nitrogens with one attached hydrogen (secondary N) is 1. The van der Waals surface area contributed by atoms with Gasteiger partial charge in [-0.2, -0.15) is 0 Å². The van der Waals surface area contributed by atoms with Crippen LogP contribution in [0.5, 0.6) is 0 Å². The van der Waals surface area contributed by atoms with Gasteiger partial charge in [-0.15, -0.1) is 0 Å². The second-order valence-corrected chi connectivity index (χ2v) is 5.54. The molecule has 0 spiro atoms. The van der Waals surface area contributed by atoms with Gasteiger partial charge in [0, 0.05) is 45.7 Å². The number of aliphatic hydroxyl groups excluding tert-OH is 1. The monoisotopic (exact) mass is 308 g/mol. The van der Waals surface area contributed by atoms with E-state index in [1.807, 2.05) is 11.8 Å². The van der Waals surface area contributed by atoms with Crippen LogP contribution in [0.4, 0.5) is 5.82 Å². The summed E-state index contributed by atoms with van der Waals surface area (Å²) in [5, 5.41) is 13.0. The molecule has 1 aromatic rings. The number of carbonyl (C=O) groups excluding carboxylic acids is 1. The average molecular weight is 308 g/mol. The molecule has 2 heterocycles. The van der Waals surface area contributed by atoms with Gasteiger partial charge in [0.2, 0.25) is 5.91 Å². The first-order valence-corrected chi connectivity index (χ1v) is 7.54. The highest BCUT2D eigenvalue weighted by molar-refractivity contribution is 5.73. The summed E-state index contributed by atoms with van der Waals surface area (Å²) in [5.41, 5.74) is 2.03. The fraction of sp³-hybridized carbons (Fsp3) is 0.667. The Balaban J connectivity index is 2.15. The second-order valence-electron chi connectivity index (χ2n) is 5.54. The number of carbonyl (C=O) groups is 1. The first-order chi connectivity index (χ1) is 10.5. The van der Waals surface area contributed by atoms with Crippen molar-refractivity contribution in [1.29, 1.82) is 0 Å². The number of hydrogen-bond donors (Lipinski definition) is 2. The molecule has 0 aromatic carbocycles. The van der Waals surface area contributed by atoms with Crippen LogP contribution >= 0.6 is 0 Å². The summed E-state index contributed by atoms with van der Waals surface area (Å²) in [7, 11) is 1.56. The Labute approximate surface area is 130 Å². The van der Waals surface area contributed by atoms with E-state index in [0.717, 1.165) is 29.9 Å². The second kappa shape index (κ2) is 7.51. The largest absolute Gasteiger partial charge is 0.389 e. The van der Waals surface area contributed by atoms with Crippen molar-refractivity contribution in [2.24, 2.45) is 0 Å². The van der Waals surface area contributed by atoms with Crippen molar-refractivity contribution in [2.45, 2.75) is 32.8 Å². The predicted octanol–water partition coefficient (Wildman–Crippen LogP) is 0.151. The number of rotatable bonds is 5. The molecule has 22 heavy (non-hydrogen) atoms. The smallest absolute Gasteiger partial charge is 0.219 e. The SMILES string of the molecule is COCC(O)CNc1nc(C)nc2c1CCN(C(C)=O)CC2. The van der Waals surface area contributed by atoms with E-state index in [1.54, 1.807) is 14.0 Å². The molecule has 1 aliphatic rings. The molecule has 1 atom stereocenters. The molecule has 7 nitrogen and oxygen atoms in total. The first-order valence-electron chi connectivity index (χ1n) is 7.54. The maximum absolute atomic E-state index is 11.6. The molecule has 1 aliphatic heterocycles. The Morgan fingerprint density at radius 1 is 1.41 bits per heavy atom. The molecule has 0 saturated heterocycles. The van der Waals surface area contributed by atoms with Crippen LogP contribution in [-0.2, 0) is 22.4 Å². The molecule has 7 heteroatoms. The van der Waals surface area contributed by atoms with E-state index in [2.05, 4.69) is 15.3 Å². The third-order valence-corrected chi connectivity index (χ3v) is 3.76. The molecule has 0 radical (unpaired) electrons. The summed E-state index contributed by atoms with van der Waals surface area (Å²) >= 11 is 0. The minimum Gasteiger partial charge on any atom is -0.389 e. The molecular weight excluding hydrogens is 284 g/mol. The number of nitrogens with zero attached hydrogens (tertiary/aromatic N) is 3. The molecule has 1 amide bonds. The van der Waals surface area contributed by atoms with Crippen LogP contribution in [0.3, 0.4) is 0 Å². The van der Waals surface area contributed by atoms with Gasteiger partial charge in [0.05, 0.1) is 18.4 Å². The van der Waals surface area contributed by atoms with Gasteiger partial charge < -0.3 is 20.1 Å². The summed E-state index contributed by atoms with van der Waals surface area (Å²) in [6.07, 6.45) is 0.862. The van der Waals surface area contributed by atoms with Gasteiger partial charge in [-0.05, 0) is 13.3 Å². The summed E-state index contributed by atoms with van der Waals surface area (Å²) in [4.78, 5) is 22.4. The van der Waals surface area contributed by atoms with Gasteiger partial charge in [-0.25, -0.2) is 9.97 Å². The van der Waals surface area contributed by atoms with Gasteiger partial charge in [0.25, 0.3) is 0 Å². The van der Waals surface area contributed by atoms with Crippen molar-refractivity contribution in [2.75, 3.05) is 38.7 Å². The highest BCUT2D eigenvalue weighted by atomic mass is 16.5. The zero-order chi connectivity index (χ0) is 16.1. The van der Waals surface area contributed by atoms with Crippen molar-refractivity contribution in [3.8, 4) is 0 Å². The Morgan fingerprint density at radius 2 is 2.14 bits per heavy atom. The number of amides is 1. The number of aliphatic hydroxyl groups is 1. The Kier molecular flexibility index (Phi) is 5.68. The van der Waals surface area contributed by atoms with Crippen LogP contribution in [0.2, 0.25) is 0 Å². The predicted molar refractivity (Wildman–Crippen MR) is 82.8 cm³/mol. The van der Waals surface area contributed by atoms with Crippen molar-refractivity contribution in [3.05, 3.63) is 17.1 Å². The lowest BCUT2D eigenvalue weighted by atomic mass is 10.1. The Hall–Kier alpha value is -1.73. The summed E-state index contributed by atoms with van der Waals surface area (Å²) < 4.78 is 4.92. The first kappa shape index (κ1) is 16.6. The highest BCUT2D eigenvalue weighted by Gasteiger charge is 2.20. The van der Waals surface area contributed by atoms with Crippen molar-refractivity contribution < 1.29 is 14.6 Å². The average Bonchev–Trinajstić information content (AvgIpc) is 2.67. The molecule has 2 rings (SSSR count). The van der Waals surface area contributed by atoms with Gasteiger partial charge >= 0.3 is 0 Å². The van der Waals surface area contributed by atoms with Crippen LogP contribution in [0, 0.1) is 6.92 Å². The normalized spacial score (nSPS) is 15.9. The Bertz CT molecular complexity index is 536. The molecule has 2 N–H and O–H groups in total. The lowest BCUT2D eigenvalue weighted by Gasteiger charge is -2.17. The number of anilines is 1. The zero-order valence-electron chi connectivity index (χ0n) is 13.4. The lowest BCUT2D eigenvalue weighted by molar-refractivity contribution is -0.128. The van der Waals surface area contributed by atoms with Crippen LogP contribution in [0.15, 0.2) is 0 Å². The third kappa shape index (κ3) is 4.14. The maximum atomic E-state index is 11.6. The molecule has 0 bridgehead atoms. The van der Waals surface area contributed by atoms with Crippen molar-refractivity contribution in [1.82, 2.24) is 14.9 Å². The molecule has 122 valence electrons. The number of ether oxygens (including phenoxy) is 1. The standard InChI is InChI=1S/C15H24N4O3/c1-10-17-14-5-7-19(11(2)20)6-4-13(14)15(18-10)16-8-12(21)9-22-3/h12,21H,4-9H2,1-3H3,(H,16,17,18). The zero-order valence-corrected chi connectivity index (χ0v) is 13.4. The van der Waals surface area contributed by atoms with Crippen LogP contribution < -0.4 is 5.32 Å². The van der Waals surface area contributed by atoms with Crippen molar-refractivity contribution in [3.63, 3.8) is 0 Å². The number of aryl methyl sites for hydroxylation is 1. The minimum absolute atomic E-state index is 0.0857. The van der Waals surface area contributed by atoms with Gasteiger partial charge in [-0.3, -0.25) is 4.79 Å². The fourth-order valence-corrected chi connectivity index (χ4v) is 2.65. The molecule has 1 unspecified atom stereocenters. The molecular formula is C15H24N4O3. The van der Waals surface area contributed by atoms with E-state index in [-0.39, 0.29) is 12.5 Å². The topological polar surface area (TPSA) is 87.6 Å². The van der Waals surface area contributed by atoms with Gasteiger partial charge in [0.15, 0.2) is 0 Å². The van der Waals surface area contributed by atoms with E-state index >= 15 is 0 Å². The summed E-state index contributed by atoms with van der Waals surface area (Å²) in [6.45, 7) is 5.44.